The van der Waals surface area contributed by atoms with Gasteiger partial charge in [-0.1, -0.05) is 6.07 Å². The second kappa shape index (κ2) is 3.42. The summed E-state index contributed by atoms with van der Waals surface area (Å²) in [5, 5.41) is 12.6. The van der Waals surface area contributed by atoms with Crippen LogP contribution in [0.15, 0.2) is 27.5 Å². The Morgan fingerprint density at radius 2 is 2.12 bits per heavy atom. The smallest absolute Gasteiger partial charge is 0.294 e. The Balaban J connectivity index is 2.78. The molecule has 0 aliphatic carbocycles. The van der Waals surface area contributed by atoms with E-state index in [2.05, 4.69) is 9.71 Å². The number of hydrogen-bond acceptors (Lipinski definition) is 5. The number of rotatable bonds is 1. The molecule has 84 valence electrons. The topological polar surface area (TPSA) is 102 Å². The van der Waals surface area contributed by atoms with E-state index < -0.39 is 20.2 Å². The van der Waals surface area contributed by atoms with Crippen LogP contribution in [0.4, 0.5) is 11.4 Å². The lowest BCUT2D eigenvalue weighted by Gasteiger charge is -2.13. The first-order valence-corrected chi connectivity index (χ1v) is 5.78. The van der Waals surface area contributed by atoms with Gasteiger partial charge in [0.15, 0.2) is 0 Å². The van der Waals surface area contributed by atoms with Gasteiger partial charge in [-0.3, -0.25) is 10.1 Å². The third-order valence-electron chi connectivity index (χ3n) is 1.91. The van der Waals surface area contributed by atoms with Crippen molar-refractivity contribution in [3.63, 3.8) is 0 Å². The molecular formula is C7H4ClN3O4S. The predicted octanol–water partition coefficient (Wildman–Crippen LogP) is 1.30. The zero-order valence-corrected chi connectivity index (χ0v) is 9.12. The van der Waals surface area contributed by atoms with E-state index >= 15 is 0 Å². The fourth-order valence-corrected chi connectivity index (χ4v) is 2.68. The summed E-state index contributed by atoms with van der Waals surface area (Å²) in [5.74, 6) is 0. The molecule has 1 aromatic carbocycles. The van der Waals surface area contributed by atoms with E-state index in [9.17, 15) is 18.5 Å². The van der Waals surface area contributed by atoms with Crippen LogP contribution >= 0.6 is 11.6 Å². The molecule has 9 heteroatoms. The number of nitro groups is 1. The Labute approximate surface area is 95.0 Å². The summed E-state index contributed by atoms with van der Waals surface area (Å²) in [6.07, 6.45) is 0. The Kier molecular flexibility index (Phi) is 2.32. The molecule has 7 nitrogen and oxygen atoms in total. The van der Waals surface area contributed by atoms with Gasteiger partial charge < -0.3 is 5.32 Å². The van der Waals surface area contributed by atoms with Crippen LogP contribution in [-0.2, 0) is 10.0 Å². The van der Waals surface area contributed by atoms with Crippen LogP contribution in [0.2, 0.25) is 0 Å². The predicted molar refractivity (Wildman–Crippen MR) is 57.2 cm³/mol. The van der Waals surface area contributed by atoms with Crippen molar-refractivity contribution in [2.24, 2.45) is 4.40 Å². The normalized spacial score (nSPS) is 16.9. The van der Waals surface area contributed by atoms with E-state index in [1.165, 1.54) is 18.2 Å². The monoisotopic (exact) mass is 261 g/mol. The summed E-state index contributed by atoms with van der Waals surface area (Å²) in [7, 11) is -3.96. The van der Waals surface area contributed by atoms with Crippen molar-refractivity contribution in [2.75, 3.05) is 5.32 Å². The SMILES string of the molecule is O=[N+]([O-])c1cccc2c1NC(Cl)=NS2(=O)=O. The minimum absolute atomic E-state index is 0.160. The number of benzene rings is 1. The lowest BCUT2D eigenvalue weighted by molar-refractivity contribution is -0.384. The highest BCUT2D eigenvalue weighted by Crippen LogP contribution is 2.35. The first-order chi connectivity index (χ1) is 7.42. The van der Waals surface area contributed by atoms with Crippen molar-refractivity contribution in [3.05, 3.63) is 28.3 Å². The van der Waals surface area contributed by atoms with Crippen molar-refractivity contribution in [1.82, 2.24) is 0 Å². The average Bonchev–Trinajstić information content (AvgIpc) is 2.15. The number of nitrogens with one attached hydrogen (secondary N) is 1. The van der Waals surface area contributed by atoms with E-state index in [1.807, 2.05) is 0 Å². The van der Waals surface area contributed by atoms with Crippen molar-refractivity contribution in [1.29, 1.82) is 0 Å². The molecule has 0 aromatic heterocycles. The van der Waals surface area contributed by atoms with Gasteiger partial charge in [0.2, 0.25) is 5.29 Å². The molecule has 0 unspecified atom stereocenters. The zero-order valence-electron chi connectivity index (χ0n) is 7.55. The summed E-state index contributed by atoms with van der Waals surface area (Å²) in [4.78, 5) is 9.72. The fourth-order valence-electron chi connectivity index (χ4n) is 1.29. The molecule has 0 saturated carbocycles. The fraction of sp³-hybridized carbons (Fsp3) is 0. The highest BCUT2D eigenvalue weighted by Gasteiger charge is 2.30. The van der Waals surface area contributed by atoms with E-state index in [0.717, 1.165) is 0 Å². The van der Waals surface area contributed by atoms with Gasteiger partial charge in [-0.25, -0.2) is 0 Å². The molecule has 0 radical (unpaired) electrons. The number of nitro benzene ring substituents is 1. The highest BCUT2D eigenvalue weighted by molar-refractivity contribution is 7.90. The molecule has 0 amide bonds. The third kappa shape index (κ3) is 1.61. The number of anilines is 1. The van der Waals surface area contributed by atoms with Crippen LogP contribution in [0, 0.1) is 10.1 Å². The summed E-state index contributed by atoms with van der Waals surface area (Å²) >= 11 is 5.44. The minimum Gasteiger partial charge on any atom is -0.323 e. The number of para-hydroxylation sites is 1. The number of fused-ring (bicyclic) bond motifs is 1. The number of sulfonamides is 1. The third-order valence-corrected chi connectivity index (χ3v) is 3.51. The molecule has 0 saturated heterocycles. The van der Waals surface area contributed by atoms with E-state index in [4.69, 9.17) is 11.6 Å². The average molecular weight is 262 g/mol. The standard InChI is InChI=1S/C7H4ClN3O4S/c8-7-9-6-4(11(12)13)2-1-3-5(6)16(14,15)10-7/h1-3H,(H,9,10). The Morgan fingerprint density at radius 3 is 2.75 bits per heavy atom. The largest absolute Gasteiger partial charge is 0.323 e. The molecule has 0 spiro atoms. The number of hydrogen-bond donors (Lipinski definition) is 1. The Hall–Kier alpha value is -1.67. The Morgan fingerprint density at radius 1 is 1.44 bits per heavy atom. The van der Waals surface area contributed by atoms with Gasteiger partial charge in [0.25, 0.3) is 15.7 Å². The number of nitrogens with zero attached hydrogens (tertiary/aromatic N) is 2. The van der Waals surface area contributed by atoms with Gasteiger partial charge in [0.05, 0.1) is 4.92 Å². The van der Waals surface area contributed by atoms with Crippen molar-refractivity contribution in [3.8, 4) is 0 Å². The van der Waals surface area contributed by atoms with Crippen LogP contribution in [0.3, 0.4) is 0 Å². The van der Waals surface area contributed by atoms with Gasteiger partial charge in [0.1, 0.15) is 10.6 Å². The molecule has 1 aromatic rings. The second-order valence-corrected chi connectivity index (χ2v) is 4.82. The molecule has 1 aliphatic rings. The molecule has 0 fully saturated rings. The molecule has 1 aliphatic heterocycles. The first kappa shape index (κ1) is 10.8. The quantitative estimate of drug-likeness (QED) is 0.466. The summed E-state index contributed by atoms with van der Waals surface area (Å²) in [6.45, 7) is 0. The summed E-state index contributed by atoms with van der Waals surface area (Å²) < 4.78 is 26.2. The molecule has 16 heavy (non-hydrogen) atoms. The van der Waals surface area contributed by atoms with Crippen LogP contribution < -0.4 is 5.32 Å². The van der Waals surface area contributed by atoms with E-state index in [0.29, 0.717) is 0 Å². The van der Waals surface area contributed by atoms with Gasteiger partial charge in [0, 0.05) is 6.07 Å². The van der Waals surface area contributed by atoms with Crippen molar-refractivity contribution >= 4 is 38.3 Å². The van der Waals surface area contributed by atoms with E-state index in [-0.39, 0.29) is 16.3 Å². The van der Waals surface area contributed by atoms with Gasteiger partial charge in [-0.2, -0.15) is 8.42 Å². The summed E-state index contributed by atoms with van der Waals surface area (Å²) in [5.41, 5.74) is -0.526. The first-order valence-electron chi connectivity index (χ1n) is 3.97. The van der Waals surface area contributed by atoms with Gasteiger partial charge >= 0.3 is 0 Å². The maximum atomic E-state index is 11.5. The number of amidine groups is 1. The van der Waals surface area contributed by atoms with Crippen LogP contribution in [-0.4, -0.2) is 18.6 Å². The van der Waals surface area contributed by atoms with Crippen LogP contribution in [0.25, 0.3) is 0 Å². The molecule has 1 heterocycles. The Bertz CT molecular complexity index is 610. The van der Waals surface area contributed by atoms with Crippen molar-refractivity contribution < 1.29 is 13.3 Å². The van der Waals surface area contributed by atoms with Gasteiger partial charge in [-0.05, 0) is 17.7 Å². The van der Waals surface area contributed by atoms with Crippen molar-refractivity contribution in [2.45, 2.75) is 4.90 Å². The molecule has 0 bridgehead atoms. The van der Waals surface area contributed by atoms with E-state index in [1.54, 1.807) is 0 Å². The number of halogens is 1. The molecular weight excluding hydrogens is 258 g/mol. The lowest BCUT2D eigenvalue weighted by Crippen LogP contribution is -2.18. The maximum Gasteiger partial charge on any atom is 0.294 e. The second-order valence-electron chi connectivity index (χ2n) is 2.89. The minimum atomic E-state index is -3.96. The van der Waals surface area contributed by atoms with Crippen LogP contribution in [0.1, 0.15) is 0 Å². The van der Waals surface area contributed by atoms with Crippen LogP contribution in [0.5, 0.6) is 0 Å². The zero-order chi connectivity index (χ0) is 11.9. The molecule has 1 N–H and O–H groups in total. The highest BCUT2D eigenvalue weighted by atomic mass is 35.5. The van der Waals surface area contributed by atoms with Gasteiger partial charge in [-0.15, -0.1) is 4.40 Å². The maximum absolute atomic E-state index is 11.5. The summed E-state index contributed by atoms with van der Waals surface area (Å²) in [6, 6.07) is 3.67. The molecule has 0 atom stereocenters. The lowest BCUT2D eigenvalue weighted by atomic mass is 10.2. The molecule has 2 rings (SSSR count).